The molecule has 5 nitrogen and oxygen atoms in total. The fourth-order valence-electron chi connectivity index (χ4n) is 1.22. The van der Waals surface area contributed by atoms with E-state index in [9.17, 15) is 4.79 Å². The molecule has 2 aromatic rings. The maximum Gasteiger partial charge on any atom is 0.275 e. The smallest absolute Gasteiger partial charge is 0.275 e. The number of carbonyl (C=O) groups is 1. The van der Waals surface area contributed by atoms with Crippen LogP contribution in [0, 0.1) is 0 Å². The Morgan fingerprint density at radius 1 is 1.56 bits per heavy atom. The van der Waals surface area contributed by atoms with Crippen molar-refractivity contribution in [2.24, 2.45) is 5.84 Å². The fourth-order valence-corrected chi connectivity index (χ4v) is 3.87. The third kappa shape index (κ3) is 3.29. The lowest BCUT2D eigenvalue weighted by Gasteiger charge is -1.94. The zero-order valence-electron chi connectivity index (χ0n) is 9.67. The number of carbonyl (C=O) groups excluding carboxylic acids is 1. The third-order valence-corrected chi connectivity index (χ3v) is 5.31. The number of nitrogen functional groups attached to an aromatic ring is 1. The molecule has 0 unspecified atom stereocenters. The van der Waals surface area contributed by atoms with E-state index in [1.807, 2.05) is 13.0 Å². The van der Waals surface area contributed by atoms with Crippen molar-refractivity contribution >= 4 is 40.5 Å². The van der Waals surface area contributed by atoms with E-state index in [4.69, 9.17) is 5.84 Å². The van der Waals surface area contributed by atoms with Crippen LogP contribution in [0.5, 0.6) is 0 Å². The molecular weight excluding hydrogens is 288 g/mol. The number of nitrogens with two attached hydrogens (primary N) is 1. The van der Waals surface area contributed by atoms with E-state index < -0.39 is 0 Å². The summed E-state index contributed by atoms with van der Waals surface area (Å²) in [5.41, 5.74) is 2.12. The number of aromatic nitrogens is 2. The normalized spacial score (nSPS) is 10.6. The lowest BCUT2D eigenvalue weighted by molar-refractivity contribution is 0.0957. The first kappa shape index (κ1) is 13.5. The molecule has 1 amide bonds. The summed E-state index contributed by atoms with van der Waals surface area (Å²) in [7, 11) is 0. The monoisotopic (exact) mass is 300 g/mol. The summed E-state index contributed by atoms with van der Waals surface area (Å²) < 4.78 is 5.19. The predicted octanol–water partition coefficient (Wildman–Crippen LogP) is 2.06. The molecule has 0 atom stereocenters. The van der Waals surface area contributed by atoms with Crippen LogP contribution in [-0.2, 0) is 12.2 Å². The van der Waals surface area contributed by atoms with Crippen molar-refractivity contribution in [2.45, 2.75) is 23.4 Å². The largest absolute Gasteiger partial charge is 0.289 e. The first-order chi connectivity index (χ1) is 8.72. The molecule has 8 heteroatoms. The van der Waals surface area contributed by atoms with Gasteiger partial charge in [-0.2, -0.15) is 4.37 Å². The summed E-state index contributed by atoms with van der Waals surface area (Å²) in [6, 6.07) is 3.71. The highest BCUT2D eigenvalue weighted by atomic mass is 32.2. The van der Waals surface area contributed by atoms with Crippen LogP contribution in [-0.4, -0.2) is 15.3 Å². The summed E-state index contributed by atoms with van der Waals surface area (Å²) in [4.78, 5) is 17.4. The van der Waals surface area contributed by atoms with Gasteiger partial charge in [0, 0.05) is 17.1 Å². The summed E-state index contributed by atoms with van der Waals surface area (Å²) in [6.07, 6.45) is 0.858. The van der Waals surface area contributed by atoms with Crippen LogP contribution >= 0.6 is 34.6 Å². The minimum Gasteiger partial charge on any atom is -0.289 e. The zero-order chi connectivity index (χ0) is 13.0. The van der Waals surface area contributed by atoms with Gasteiger partial charge in [-0.05, 0) is 23.7 Å². The van der Waals surface area contributed by atoms with Crippen LogP contribution in [0.25, 0.3) is 0 Å². The third-order valence-electron chi connectivity index (χ3n) is 2.12. The molecule has 2 heterocycles. The minimum atomic E-state index is -0.250. The van der Waals surface area contributed by atoms with Crippen molar-refractivity contribution < 1.29 is 4.79 Å². The van der Waals surface area contributed by atoms with E-state index in [1.165, 1.54) is 22.9 Å². The van der Waals surface area contributed by atoms with Crippen molar-refractivity contribution in [2.75, 3.05) is 0 Å². The van der Waals surface area contributed by atoms with E-state index in [0.29, 0.717) is 4.88 Å². The number of aryl methyl sites for hydroxylation is 1. The maximum atomic E-state index is 11.3. The molecule has 0 bridgehead atoms. The van der Waals surface area contributed by atoms with Crippen LogP contribution < -0.4 is 11.3 Å². The molecule has 96 valence electrons. The first-order valence-electron chi connectivity index (χ1n) is 5.28. The molecule has 18 heavy (non-hydrogen) atoms. The van der Waals surface area contributed by atoms with Gasteiger partial charge in [0.15, 0.2) is 4.34 Å². The molecule has 0 aliphatic rings. The number of nitrogens with zero attached hydrogens (tertiary/aromatic N) is 2. The first-order valence-corrected chi connectivity index (χ1v) is 7.85. The number of amides is 1. The van der Waals surface area contributed by atoms with Crippen LogP contribution in [0.1, 0.15) is 27.3 Å². The number of hydrogen-bond donors (Lipinski definition) is 2. The Kier molecular flexibility index (Phi) is 4.70. The predicted molar refractivity (Wildman–Crippen MR) is 74.8 cm³/mol. The molecule has 0 saturated carbocycles. The van der Waals surface area contributed by atoms with Gasteiger partial charge in [0.1, 0.15) is 5.82 Å². The second-order valence-electron chi connectivity index (χ2n) is 3.36. The number of hydrogen-bond acceptors (Lipinski definition) is 7. The minimum absolute atomic E-state index is 0.250. The number of rotatable bonds is 5. The van der Waals surface area contributed by atoms with E-state index in [2.05, 4.69) is 14.8 Å². The molecule has 0 aliphatic heterocycles. The van der Waals surface area contributed by atoms with Gasteiger partial charge in [-0.25, -0.2) is 10.8 Å². The van der Waals surface area contributed by atoms with E-state index in [0.717, 1.165) is 27.2 Å². The lowest BCUT2D eigenvalue weighted by Crippen LogP contribution is -2.29. The van der Waals surface area contributed by atoms with Crippen molar-refractivity contribution in [3.63, 3.8) is 0 Å². The molecule has 0 fully saturated rings. The Morgan fingerprint density at radius 3 is 3.06 bits per heavy atom. The molecule has 2 aromatic heterocycles. The Morgan fingerprint density at radius 2 is 2.39 bits per heavy atom. The van der Waals surface area contributed by atoms with Crippen LogP contribution in [0.2, 0.25) is 0 Å². The standard InChI is InChI=1S/C10H12N4OS3/c1-2-8-12-10(18-14-8)16-5-6-3-4-7(17-6)9(15)13-11/h3-4H,2,5,11H2,1H3,(H,13,15). The van der Waals surface area contributed by atoms with E-state index >= 15 is 0 Å². The number of hydrazine groups is 1. The molecule has 0 aliphatic carbocycles. The van der Waals surface area contributed by atoms with Gasteiger partial charge in [0.2, 0.25) is 0 Å². The highest BCUT2D eigenvalue weighted by Gasteiger charge is 2.09. The molecule has 0 aromatic carbocycles. The molecular formula is C10H12N4OS3. The Balaban J connectivity index is 1.93. The zero-order valence-corrected chi connectivity index (χ0v) is 12.1. The highest BCUT2D eigenvalue weighted by molar-refractivity contribution is 8.00. The second kappa shape index (κ2) is 6.28. The van der Waals surface area contributed by atoms with Crippen molar-refractivity contribution in [3.05, 3.63) is 27.7 Å². The Labute approximate surface area is 117 Å². The highest BCUT2D eigenvalue weighted by Crippen LogP contribution is 2.28. The van der Waals surface area contributed by atoms with Gasteiger partial charge in [-0.15, -0.1) is 11.3 Å². The van der Waals surface area contributed by atoms with E-state index in [1.54, 1.807) is 17.8 Å². The number of nitrogens with one attached hydrogen (secondary N) is 1. The molecule has 3 N–H and O–H groups in total. The van der Waals surface area contributed by atoms with E-state index in [-0.39, 0.29) is 5.91 Å². The Hall–Kier alpha value is -0.960. The van der Waals surface area contributed by atoms with Crippen molar-refractivity contribution in [1.29, 1.82) is 0 Å². The quantitative estimate of drug-likeness (QED) is 0.382. The van der Waals surface area contributed by atoms with Gasteiger partial charge in [-0.3, -0.25) is 10.2 Å². The van der Waals surface area contributed by atoms with Gasteiger partial charge in [0.25, 0.3) is 5.91 Å². The molecule has 0 radical (unpaired) electrons. The van der Waals surface area contributed by atoms with Crippen LogP contribution in [0.15, 0.2) is 16.5 Å². The maximum absolute atomic E-state index is 11.3. The van der Waals surface area contributed by atoms with Gasteiger partial charge >= 0.3 is 0 Å². The average Bonchev–Trinajstić information content (AvgIpc) is 3.04. The Bertz CT molecular complexity index is 537. The van der Waals surface area contributed by atoms with Crippen molar-refractivity contribution in [1.82, 2.24) is 14.8 Å². The molecule has 2 rings (SSSR count). The lowest BCUT2D eigenvalue weighted by atomic mass is 10.4. The molecule has 0 saturated heterocycles. The topological polar surface area (TPSA) is 80.9 Å². The average molecular weight is 300 g/mol. The second-order valence-corrected chi connectivity index (χ2v) is 6.50. The fraction of sp³-hybridized carbons (Fsp3) is 0.300. The summed E-state index contributed by atoms with van der Waals surface area (Å²) in [6.45, 7) is 2.04. The van der Waals surface area contributed by atoms with Crippen LogP contribution in [0.3, 0.4) is 0 Å². The summed E-state index contributed by atoms with van der Waals surface area (Å²) in [5.74, 6) is 6.51. The van der Waals surface area contributed by atoms with Gasteiger partial charge in [-0.1, -0.05) is 18.7 Å². The van der Waals surface area contributed by atoms with Crippen molar-refractivity contribution in [3.8, 4) is 0 Å². The van der Waals surface area contributed by atoms with Gasteiger partial charge < -0.3 is 0 Å². The SMILES string of the molecule is CCc1nsc(SCc2ccc(C(=O)NN)s2)n1. The summed E-state index contributed by atoms with van der Waals surface area (Å²) >= 11 is 4.49. The van der Waals surface area contributed by atoms with Crippen LogP contribution in [0.4, 0.5) is 0 Å². The summed E-state index contributed by atoms with van der Waals surface area (Å²) in [5, 5.41) is 0. The number of thiophene rings is 1. The molecule has 0 spiro atoms. The van der Waals surface area contributed by atoms with Gasteiger partial charge in [0.05, 0.1) is 4.88 Å². The number of thioether (sulfide) groups is 1.